The van der Waals surface area contributed by atoms with Crippen molar-refractivity contribution in [2.45, 2.75) is 45.3 Å². The summed E-state index contributed by atoms with van der Waals surface area (Å²) in [5, 5.41) is 5.72. The van der Waals surface area contributed by atoms with Gasteiger partial charge in [-0.05, 0) is 20.8 Å². The normalized spacial score (nSPS) is 22.7. The van der Waals surface area contributed by atoms with Crippen LogP contribution in [0.2, 0.25) is 0 Å². The van der Waals surface area contributed by atoms with E-state index in [1.54, 1.807) is 6.92 Å². The number of cyclic esters (lactones) is 1. The van der Waals surface area contributed by atoms with E-state index in [2.05, 4.69) is 10.6 Å². The fourth-order valence-corrected chi connectivity index (χ4v) is 1.43. The smallest absolute Gasteiger partial charge is 0.323 e. The zero-order chi connectivity index (χ0) is 11.4. The molecule has 0 radical (unpaired) electrons. The van der Waals surface area contributed by atoms with Crippen LogP contribution >= 0.6 is 0 Å². The van der Waals surface area contributed by atoms with Gasteiger partial charge in [0.05, 0.1) is 12.6 Å². The van der Waals surface area contributed by atoms with Crippen LogP contribution < -0.4 is 10.6 Å². The first kappa shape index (κ1) is 12.0. The third-order valence-electron chi connectivity index (χ3n) is 2.21. The Morgan fingerprint density at radius 1 is 1.47 bits per heavy atom. The number of ether oxygens (including phenoxy) is 1. The van der Waals surface area contributed by atoms with E-state index < -0.39 is 0 Å². The van der Waals surface area contributed by atoms with E-state index in [-0.39, 0.29) is 30.0 Å². The first-order chi connectivity index (χ1) is 7.00. The van der Waals surface area contributed by atoms with Crippen molar-refractivity contribution in [3.05, 3.63) is 0 Å². The van der Waals surface area contributed by atoms with Gasteiger partial charge in [0, 0.05) is 12.5 Å². The minimum Gasteiger partial charge on any atom is -0.464 e. The van der Waals surface area contributed by atoms with Crippen LogP contribution in [0.3, 0.4) is 0 Å². The lowest BCUT2D eigenvalue weighted by Crippen LogP contribution is -2.49. The summed E-state index contributed by atoms with van der Waals surface area (Å²) in [4.78, 5) is 22.7. The van der Waals surface area contributed by atoms with Crippen molar-refractivity contribution >= 4 is 11.9 Å². The van der Waals surface area contributed by atoms with Gasteiger partial charge in [-0.1, -0.05) is 0 Å². The number of rotatable bonds is 4. The standard InChI is InChI=1S/C10H18N2O3/c1-6(2)11-9(13)7(3)12-8-4-5-15-10(8)14/h6-8,12H,4-5H2,1-3H3,(H,11,13). The van der Waals surface area contributed by atoms with Gasteiger partial charge in [-0.25, -0.2) is 0 Å². The Balaban J connectivity index is 2.37. The first-order valence-corrected chi connectivity index (χ1v) is 5.23. The lowest BCUT2D eigenvalue weighted by molar-refractivity contribution is -0.139. The monoisotopic (exact) mass is 214 g/mol. The maximum Gasteiger partial charge on any atom is 0.323 e. The average molecular weight is 214 g/mol. The van der Waals surface area contributed by atoms with Crippen molar-refractivity contribution in [3.63, 3.8) is 0 Å². The van der Waals surface area contributed by atoms with E-state index in [1.807, 2.05) is 13.8 Å². The Morgan fingerprint density at radius 3 is 2.60 bits per heavy atom. The molecule has 2 N–H and O–H groups in total. The SMILES string of the molecule is CC(C)NC(=O)C(C)NC1CCOC1=O. The highest BCUT2D eigenvalue weighted by Gasteiger charge is 2.29. The van der Waals surface area contributed by atoms with E-state index in [1.165, 1.54) is 0 Å². The zero-order valence-corrected chi connectivity index (χ0v) is 9.37. The second-order valence-corrected chi connectivity index (χ2v) is 4.06. The molecule has 86 valence electrons. The van der Waals surface area contributed by atoms with Crippen molar-refractivity contribution in [2.75, 3.05) is 6.61 Å². The van der Waals surface area contributed by atoms with Gasteiger partial charge in [-0.15, -0.1) is 0 Å². The highest BCUT2D eigenvalue weighted by atomic mass is 16.5. The molecule has 0 aromatic carbocycles. The molecule has 1 aliphatic heterocycles. The number of carbonyl (C=O) groups is 2. The van der Waals surface area contributed by atoms with Crippen LogP contribution in [0.1, 0.15) is 27.2 Å². The first-order valence-electron chi connectivity index (χ1n) is 5.23. The molecule has 0 bridgehead atoms. The van der Waals surface area contributed by atoms with Crippen LogP contribution in [0, 0.1) is 0 Å². The number of nitrogens with one attached hydrogen (secondary N) is 2. The fourth-order valence-electron chi connectivity index (χ4n) is 1.43. The van der Waals surface area contributed by atoms with E-state index in [9.17, 15) is 9.59 Å². The molecule has 1 rings (SSSR count). The molecule has 0 aromatic heterocycles. The van der Waals surface area contributed by atoms with Gasteiger partial charge in [-0.3, -0.25) is 14.9 Å². The Hall–Kier alpha value is -1.10. The van der Waals surface area contributed by atoms with Crippen molar-refractivity contribution in [3.8, 4) is 0 Å². The molecule has 0 saturated carbocycles. The van der Waals surface area contributed by atoms with Gasteiger partial charge in [0.1, 0.15) is 6.04 Å². The summed E-state index contributed by atoms with van der Waals surface area (Å²) in [5.41, 5.74) is 0. The molecule has 5 nitrogen and oxygen atoms in total. The van der Waals surface area contributed by atoms with Gasteiger partial charge >= 0.3 is 5.97 Å². The summed E-state index contributed by atoms with van der Waals surface area (Å²) in [6.07, 6.45) is 0.637. The molecule has 1 amide bonds. The van der Waals surface area contributed by atoms with Crippen LogP contribution in [0.4, 0.5) is 0 Å². The molecule has 1 aliphatic rings. The maximum atomic E-state index is 11.5. The summed E-state index contributed by atoms with van der Waals surface area (Å²) in [5.74, 6) is -0.358. The number of hydrogen-bond acceptors (Lipinski definition) is 4. The predicted molar refractivity (Wildman–Crippen MR) is 55.2 cm³/mol. The molecule has 2 unspecified atom stereocenters. The quantitative estimate of drug-likeness (QED) is 0.636. The molecule has 1 saturated heterocycles. The molecule has 1 fully saturated rings. The van der Waals surface area contributed by atoms with E-state index in [0.717, 1.165) is 0 Å². The molecule has 5 heteroatoms. The Labute approximate surface area is 89.6 Å². The predicted octanol–water partition coefficient (Wildman–Crippen LogP) is -0.195. The van der Waals surface area contributed by atoms with E-state index in [0.29, 0.717) is 13.0 Å². The molecule has 0 spiro atoms. The second kappa shape index (κ2) is 5.11. The Morgan fingerprint density at radius 2 is 2.13 bits per heavy atom. The molecular weight excluding hydrogens is 196 g/mol. The molecular formula is C10H18N2O3. The molecule has 15 heavy (non-hydrogen) atoms. The van der Waals surface area contributed by atoms with Crippen LogP contribution in [0.5, 0.6) is 0 Å². The van der Waals surface area contributed by atoms with Crippen LogP contribution in [-0.4, -0.2) is 36.6 Å². The summed E-state index contributed by atoms with van der Waals surface area (Å²) < 4.78 is 4.79. The molecule has 0 aromatic rings. The molecule has 2 atom stereocenters. The van der Waals surface area contributed by atoms with E-state index >= 15 is 0 Å². The zero-order valence-electron chi connectivity index (χ0n) is 9.37. The fraction of sp³-hybridized carbons (Fsp3) is 0.800. The topological polar surface area (TPSA) is 67.4 Å². The van der Waals surface area contributed by atoms with Crippen molar-refractivity contribution < 1.29 is 14.3 Å². The average Bonchev–Trinajstić information content (AvgIpc) is 2.50. The van der Waals surface area contributed by atoms with Crippen molar-refractivity contribution in [1.82, 2.24) is 10.6 Å². The van der Waals surface area contributed by atoms with Crippen LogP contribution in [0.25, 0.3) is 0 Å². The lowest BCUT2D eigenvalue weighted by Gasteiger charge is -2.18. The molecule has 0 aliphatic carbocycles. The van der Waals surface area contributed by atoms with Gasteiger partial charge in [-0.2, -0.15) is 0 Å². The summed E-state index contributed by atoms with van der Waals surface area (Å²) in [7, 11) is 0. The number of carbonyl (C=O) groups excluding carboxylic acids is 2. The maximum absolute atomic E-state index is 11.5. The molecule has 1 heterocycles. The van der Waals surface area contributed by atoms with Crippen molar-refractivity contribution in [1.29, 1.82) is 0 Å². The summed E-state index contributed by atoms with van der Waals surface area (Å²) >= 11 is 0. The number of esters is 1. The van der Waals surface area contributed by atoms with Gasteiger partial charge in [0.25, 0.3) is 0 Å². The van der Waals surface area contributed by atoms with Crippen LogP contribution in [-0.2, 0) is 14.3 Å². The minimum absolute atomic E-state index is 0.0929. The van der Waals surface area contributed by atoms with Gasteiger partial charge in [0.2, 0.25) is 5.91 Å². The highest BCUT2D eigenvalue weighted by Crippen LogP contribution is 2.06. The van der Waals surface area contributed by atoms with Gasteiger partial charge in [0.15, 0.2) is 0 Å². The van der Waals surface area contributed by atoms with Crippen molar-refractivity contribution in [2.24, 2.45) is 0 Å². The second-order valence-electron chi connectivity index (χ2n) is 4.06. The summed E-state index contributed by atoms with van der Waals surface area (Å²) in [6, 6.07) is -0.599. The highest BCUT2D eigenvalue weighted by molar-refractivity contribution is 5.83. The van der Waals surface area contributed by atoms with Crippen LogP contribution in [0.15, 0.2) is 0 Å². The summed E-state index contributed by atoms with van der Waals surface area (Å²) in [6.45, 7) is 5.97. The van der Waals surface area contributed by atoms with E-state index in [4.69, 9.17) is 4.74 Å². The number of hydrogen-bond donors (Lipinski definition) is 2. The third kappa shape index (κ3) is 3.51. The minimum atomic E-state index is -0.372. The Kier molecular flexibility index (Phi) is 4.08. The largest absolute Gasteiger partial charge is 0.464 e. The lowest BCUT2D eigenvalue weighted by atomic mass is 10.2. The van der Waals surface area contributed by atoms with Gasteiger partial charge < -0.3 is 10.1 Å². The third-order valence-corrected chi connectivity index (χ3v) is 2.21. The Bertz CT molecular complexity index is 253. The number of amides is 1.